The summed E-state index contributed by atoms with van der Waals surface area (Å²) in [5.41, 5.74) is 1.78. The van der Waals surface area contributed by atoms with E-state index in [0.717, 1.165) is 20.9 Å². The summed E-state index contributed by atoms with van der Waals surface area (Å²) in [4.78, 5) is 14.3. The Morgan fingerprint density at radius 2 is 1.95 bits per heavy atom. The van der Waals surface area contributed by atoms with E-state index >= 15 is 0 Å². The second-order valence-electron chi connectivity index (χ2n) is 4.47. The van der Waals surface area contributed by atoms with Gasteiger partial charge in [-0.05, 0) is 23.6 Å². The molecule has 0 aliphatic heterocycles. The third kappa shape index (κ3) is 2.72. The van der Waals surface area contributed by atoms with Gasteiger partial charge in [0, 0.05) is 0 Å². The molecule has 1 aromatic carbocycles. The Balaban J connectivity index is 1.49. The van der Waals surface area contributed by atoms with Crippen LogP contribution in [0.25, 0.3) is 21.7 Å². The number of hydrogen-bond acceptors (Lipinski definition) is 7. The number of hydrogen-bond donors (Lipinski definition) is 0. The van der Waals surface area contributed by atoms with Crippen LogP contribution in [0.2, 0.25) is 0 Å². The molecule has 5 nitrogen and oxygen atoms in total. The molecule has 0 unspecified atom stereocenters. The van der Waals surface area contributed by atoms with Crippen molar-refractivity contribution >= 4 is 34.1 Å². The molecule has 0 atom stereocenters. The van der Waals surface area contributed by atoms with Crippen molar-refractivity contribution < 1.29 is 4.52 Å². The summed E-state index contributed by atoms with van der Waals surface area (Å²) >= 11 is 3.12. The number of fused-ring (bicyclic) bond motifs is 1. The fourth-order valence-electron chi connectivity index (χ4n) is 1.96. The lowest BCUT2D eigenvalue weighted by Gasteiger charge is -1.99. The van der Waals surface area contributed by atoms with Crippen molar-refractivity contribution in [2.45, 2.75) is 10.8 Å². The highest BCUT2D eigenvalue weighted by atomic mass is 32.2. The van der Waals surface area contributed by atoms with Gasteiger partial charge in [0.1, 0.15) is 5.03 Å². The average Bonchev–Trinajstić information content (AvgIpc) is 3.24. The first-order valence-electron chi connectivity index (χ1n) is 6.59. The standard InChI is InChI=1S/C15H10N4OS2/c1-2-5-11-10(4-1)16-8-14(17-11)22-9-13-18-15(19-20-13)12-6-3-7-21-12/h1-8H,9H2. The molecule has 22 heavy (non-hydrogen) atoms. The Kier molecular flexibility index (Phi) is 3.57. The molecule has 0 fully saturated rings. The molecule has 108 valence electrons. The Bertz CT molecular complexity index is 905. The highest BCUT2D eigenvalue weighted by molar-refractivity contribution is 7.98. The number of nitrogens with zero attached hydrogens (tertiary/aromatic N) is 4. The summed E-state index contributed by atoms with van der Waals surface area (Å²) in [6.07, 6.45) is 1.77. The molecule has 0 N–H and O–H groups in total. The molecular formula is C15H10N4OS2. The third-order valence-corrected chi connectivity index (χ3v) is 4.73. The van der Waals surface area contributed by atoms with E-state index in [9.17, 15) is 0 Å². The van der Waals surface area contributed by atoms with Crippen molar-refractivity contribution in [1.29, 1.82) is 0 Å². The zero-order valence-electron chi connectivity index (χ0n) is 11.3. The number of thiophene rings is 1. The van der Waals surface area contributed by atoms with Gasteiger partial charge in [-0.3, -0.25) is 4.98 Å². The van der Waals surface area contributed by atoms with E-state index < -0.39 is 0 Å². The molecular weight excluding hydrogens is 316 g/mol. The van der Waals surface area contributed by atoms with Gasteiger partial charge >= 0.3 is 0 Å². The Morgan fingerprint density at radius 3 is 2.82 bits per heavy atom. The SMILES string of the molecule is c1csc(-c2noc(CSc3cnc4ccccc4n3)n2)c1. The molecule has 0 radical (unpaired) electrons. The van der Waals surface area contributed by atoms with E-state index in [1.54, 1.807) is 17.5 Å². The summed E-state index contributed by atoms with van der Waals surface area (Å²) in [6.45, 7) is 0. The van der Waals surface area contributed by atoms with E-state index in [2.05, 4.69) is 20.1 Å². The van der Waals surface area contributed by atoms with E-state index in [1.165, 1.54) is 11.8 Å². The minimum atomic E-state index is 0.575. The molecule has 0 aliphatic carbocycles. The molecule has 0 bridgehead atoms. The maximum Gasteiger partial charge on any atom is 0.237 e. The smallest absolute Gasteiger partial charge is 0.237 e. The number of benzene rings is 1. The van der Waals surface area contributed by atoms with Crippen LogP contribution in [-0.4, -0.2) is 20.1 Å². The lowest BCUT2D eigenvalue weighted by molar-refractivity contribution is 0.392. The Labute approximate surface area is 134 Å². The lowest BCUT2D eigenvalue weighted by atomic mass is 10.3. The molecule has 4 aromatic rings. The van der Waals surface area contributed by atoms with E-state index in [4.69, 9.17) is 4.52 Å². The Hall–Kier alpha value is -2.25. The first kappa shape index (κ1) is 13.4. The summed E-state index contributed by atoms with van der Waals surface area (Å²) in [5, 5.41) is 6.83. The van der Waals surface area contributed by atoms with Crippen LogP contribution < -0.4 is 0 Å². The summed E-state index contributed by atoms with van der Waals surface area (Å²) in [7, 11) is 0. The molecule has 0 saturated heterocycles. The molecule has 0 spiro atoms. The van der Waals surface area contributed by atoms with Crippen LogP contribution in [0.3, 0.4) is 0 Å². The minimum absolute atomic E-state index is 0.575. The van der Waals surface area contributed by atoms with Gasteiger partial charge in [-0.25, -0.2) is 4.98 Å². The minimum Gasteiger partial charge on any atom is -0.338 e. The fourth-order valence-corrected chi connectivity index (χ4v) is 3.29. The van der Waals surface area contributed by atoms with Crippen LogP contribution in [0.4, 0.5) is 0 Å². The van der Waals surface area contributed by atoms with Crippen molar-refractivity contribution in [1.82, 2.24) is 20.1 Å². The van der Waals surface area contributed by atoms with Gasteiger partial charge in [0.15, 0.2) is 0 Å². The van der Waals surface area contributed by atoms with Crippen LogP contribution in [0.15, 0.2) is 57.5 Å². The zero-order valence-corrected chi connectivity index (χ0v) is 13.0. The highest BCUT2D eigenvalue weighted by Gasteiger charge is 2.10. The van der Waals surface area contributed by atoms with Gasteiger partial charge in [-0.1, -0.05) is 35.1 Å². The number of aromatic nitrogens is 4. The first-order valence-corrected chi connectivity index (χ1v) is 8.46. The molecule has 3 heterocycles. The predicted molar refractivity (Wildman–Crippen MR) is 86.7 cm³/mol. The predicted octanol–water partition coefficient (Wildman–Crippen LogP) is 4.03. The van der Waals surface area contributed by atoms with Gasteiger partial charge < -0.3 is 4.52 Å². The second-order valence-corrected chi connectivity index (χ2v) is 6.42. The molecule has 0 saturated carbocycles. The van der Waals surface area contributed by atoms with Crippen LogP contribution in [0.1, 0.15) is 5.89 Å². The van der Waals surface area contributed by atoms with Crippen molar-refractivity contribution in [2.24, 2.45) is 0 Å². The third-order valence-electron chi connectivity index (χ3n) is 2.98. The monoisotopic (exact) mass is 326 g/mol. The molecule has 7 heteroatoms. The van der Waals surface area contributed by atoms with E-state index in [-0.39, 0.29) is 0 Å². The van der Waals surface area contributed by atoms with Gasteiger partial charge in [0.25, 0.3) is 0 Å². The maximum atomic E-state index is 5.27. The summed E-state index contributed by atoms with van der Waals surface area (Å²) in [5.74, 6) is 1.80. The summed E-state index contributed by atoms with van der Waals surface area (Å²) in [6, 6.07) is 11.7. The van der Waals surface area contributed by atoms with Crippen LogP contribution in [0, 0.1) is 0 Å². The van der Waals surface area contributed by atoms with Crippen LogP contribution in [0.5, 0.6) is 0 Å². The fraction of sp³-hybridized carbons (Fsp3) is 0.0667. The molecule has 3 aromatic heterocycles. The highest BCUT2D eigenvalue weighted by Crippen LogP contribution is 2.25. The first-order chi connectivity index (χ1) is 10.9. The van der Waals surface area contributed by atoms with E-state index in [0.29, 0.717) is 17.5 Å². The summed E-state index contributed by atoms with van der Waals surface area (Å²) < 4.78 is 5.27. The van der Waals surface area contributed by atoms with Gasteiger partial charge in [0.2, 0.25) is 11.7 Å². The maximum absolute atomic E-state index is 5.27. The molecule has 0 aliphatic rings. The molecule has 0 amide bonds. The molecule has 4 rings (SSSR count). The van der Waals surface area contributed by atoms with Gasteiger partial charge in [-0.15, -0.1) is 11.3 Å². The van der Waals surface area contributed by atoms with Crippen molar-refractivity contribution in [3.05, 3.63) is 53.9 Å². The Morgan fingerprint density at radius 1 is 1.05 bits per heavy atom. The van der Waals surface area contributed by atoms with Crippen LogP contribution in [-0.2, 0) is 5.75 Å². The van der Waals surface area contributed by atoms with E-state index in [1.807, 2.05) is 41.8 Å². The number of rotatable bonds is 4. The topological polar surface area (TPSA) is 64.7 Å². The van der Waals surface area contributed by atoms with Gasteiger partial charge in [-0.2, -0.15) is 4.98 Å². The van der Waals surface area contributed by atoms with Crippen molar-refractivity contribution in [3.63, 3.8) is 0 Å². The number of thioether (sulfide) groups is 1. The number of para-hydroxylation sites is 2. The largest absolute Gasteiger partial charge is 0.338 e. The zero-order chi connectivity index (χ0) is 14.8. The average molecular weight is 326 g/mol. The normalized spacial score (nSPS) is 11.1. The second kappa shape index (κ2) is 5.86. The van der Waals surface area contributed by atoms with Gasteiger partial charge in [0.05, 0.1) is 27.9 Å². The lowest BCUT2D eigenvalue weighted by Crippen LogP contribution is -1.87. The quantitative estimate of drug-likeness (QED) is 0.527. The van der Waals surface area contributed by atoms with Crippen molar-refractivity contribution in [2.75, 3.05) is 0 Å². The van der Waals surface area contributed by atoms with Crippen LogP contribution >= 0.6 is 23.1 Å². The van der Waals surface area contributed by atoms with Crippen molar-refractivity contribution in [3.8, 4) is 10.7 Å².